The van der Waals surface area contributed by atoms with E-state index in [2.05, 4.69) is 30.9 Å². The lowest BCUT2D eigenvalue weighted by atomic mass is 10.2. The second kappa shape index (κ2) is 9.93. The molecule has 0 atom stereocenters. The molecular weight excluding hydrogens is 371 g/mol. The fraction of sp³-hybridized carbons (Fsp3) is 0.143. The first-order chi connectivity index (χ1) is 14.1. The van der Waals surface area contributed by atoms with Crippen LogP contribution in [0.15, 0.2) is 61.1 Å². The van der Waals surface area contributed by atoms with Crippen molar-refractivity contribution in [3.05, 3.63) is 78.0 Å². The van der Waals surface area contributed by atoms with E-state index >= 15 is 0 Å². The molecule has 8 heteroatoms. The number of benzene rings is 1. The van der Waals surface area contributed by atoms with Crippen LogP contribution in [0, 0.1) is 12.7 Å². The van der Waals surface area contributed by atoms with Crippen molar-refractivity contribution < 1.29 is 9.18 Å². The van der Waals surface area contributed by atoms with Crippen LogP contribution in [0.2, 0.25) is 0 Å². The Bertz CT molecular complexity index is 1010. The van der Waals surface area contributed by atoms with Crippen molar-refractivity contribution in [1.82, 2.24) is 20.3 Å². The van der Waals surface area contributed by atoms with E-state index in [1.165, 1.54) is 24.5 Å². The monoisotopic (exact) mass is 392 g/mol. The zero-order valence-corrected chi connectivity index (χ0v) is 15.9. The van der Waals surface area contributed by atoms with Crippen LogP contribution in [-0.2, 0) is 4.79 Å². The summed E-state index contributed by atoms with van der Waals surface area (Å²) in [6.07, 6.45) is 5.91. The maximum absolute atomic E-state index is 13.5. The average molecular weight is 392 g/mol. The Balaban J connectivity index is 1.44. The first-order valence-corrected chi connectivity index (χ1v) is 9.06. The molecule has 1 aromatic carbocycles. The number of carbonyl (C=O) groups is 1. The van der Waals surface area contributed by atoms with Crippen LogP contribution in [0.1, 0.15) is 11.1 Å². The molecule has 3 N–H and O–H groups in total. The van der Waals surface area contributed by atoms with Gasteiger partial charge in [0.05, 0.1) is 0 Å². The first-order valence-electron chi connectivity index (χ1n) is 9.06. The SMILES string of the molecule is Cc1ccnc(Nc2cc(NCCNC(=O)/C=C/c3ccccc3F)ncn2)c1. The number of carbonyl (C=O) groups excluding carboxylic acids is 1. The fourth-order valence-electron chi connectivity index (χ4n) is 2.47. The summed E-state index contributed by atoms with van der Waals surface area (Å²) >= 11 is 0. The highest BCUT2D eigenvalue weighted by Gasteiger charge is 2.02. The Morgan fingerprint density at radius 2 is 1.83 bits per heavy atom. The topological polar surface area (TPSA) is 91.8 Å². The Kier molecular flexibility index (Phi) is 6.83. The van der Waals surface area contributed by atoms with E-state index in [1.54, 1.807) is 30.5 Å². The summed E-state index contributed by atoms with van der Waals surface area (Å²) in [5.74, 6) is 1.25. The molecule has 2 aromatic heterocycles. The lowest BCUT2D eigenvalue weighted by molar-refractivity contribution is -0.116. The third kappa shape index (κ3) is 6.39. The van der Waals surface area contributed by atoms with E-state index in [0.29, 0.717) is 36.1 Å². The molecule has 0 fully saturated rings. The Morgan fingerprint density at radius 3 is 2.66 bits per heavy atom. The highest BCUT2D eigenvalue weighted by molar-refractivity contribution is 5.91. The minimum absolute atomic E-state index is 0.300. The Morgan fingerprint density at radius 1 is 1.03 bits per heavy atom. The minimum Gasteiger partial charge on any atom is -0.368 e. The molecule has 0 saturated carbocycles. The van der Waals surface area contributed by atoms with Crippen LogP contribution < -0.4 is 16.0 Å². The largest absolute Gasteiger partial charge is 0.368 e. The predicted molar refractivity (Wildman–Crippen MR) is 111 cm³/mol. The number of rotatable bonds is 8. The van der Waals surface area contributed by atoms with Gasteiger partial charge in [-0.25, -0.2) is 19.3 Å². The molecule has 0 saturated heterocycles. The minimum atomic E-state index is -0.368. The molecule has 1 amide bonds. The number of nitrogens with one attached hydrogen (secondary N) is 3. The molecule has 7 nitrogen and oxygen atoms in total. The van der Waals surface area contributed by atoms with E-state index in [1.807, 2.05) is 19.1 Å². The zero-order chi connectivity index (χ0) is 20.5. The van der Waals surface area contributed by atoms with Crippen molar-refractivity contribution in [3.8, 4) is 0 Å². The van der Waals surface area contributed by atoms with Gasteiger partial charge in [0.15, 0.2) is 0 Å². The van der Waals surface area contributed by atoms with Crippen LogP contribution in [0.25, 0.3) is 6.08 Å². The van der Waals surface area contributed by atoms with Gasteiger partial charge in [0, 0.05) is 37.0 Å². The van der Waals surface area contributed by atoms with Crippen molar-refractivity contribution in [3.63, 3.8) is 0 Å². The quantitative estimate of drug-likeness (QED) is 0.402. The third-order valence-corrected chi connectivity index (χ3v) is 3.89. The van der Waals surface area contributed by atoms with Crippen LogP contribution in [-0.4, -0.2) is 33.9 Å². The molecule has 3 rings (SSSR count). The van der Waals surface area contributed by atoms with Crippen molar-refractivity contribution in [1.29, 1.82) is 0 Å². The Hall–Kier alpha value is -3.81. The lowest BCUT2D eigenvalue weighted by Gasteiger charge is -2.09. The molecule has 0 aliphatic carbocycles. The van der Waals surface area contributed by atoms with E-state index in [0.717, 1.165) is 5.56 Å². The summed E-state index contributed by atoms with van der Waals surface area (Å²) in [5, 5.41) is 8.95. The van der Waals surface area contributed by atoms with Gasteiger partial charge in [-0.1, -0.05) is 18.2 Å². The van der Waals surface area contributed by atoms with Crippen molar-refractivity contribution in [2.75, 3.05) is 23.7 Å². The molecular formula is C21H21FN6O. The molecule has 2 heterocycles. The van der Waals surface area contributed by atoms with E-state index in [4.69, 9.17) is 0 Å². The van der Waals surface area contributed by atoms with Gasteiger partial charge in [-0.3, -0.25) is 4.79 Å². The molecule has 0 radical (unpaired) electrons. The van der Waals surface area contributed by atoms with Crippen LogP contribution in [0.4, 0.5) is 21.8 Å². The van der Waals surface area contributed by atoms with Crippen LogP contribution in [0.3, 0.4) is 0 Å². The molecule has 29 heavy (non-hydrogen) atoms. The van der Waals surface area contributed by atoms with Gasteiger partial charge in [-0.15, -0.1) is 0 Å². The van der Waals surface area contributed by atoms with Crippen LogP contribution in [0.5, 0.6) is 0 Å². The first kappa shape index (κ1) is 19.9. The van der Waals surface area contributed by atoms with Gasteiger partial charge < -0.3 is 16.0 Å². The second-order valence-electron chi connectivity index (χ2n) is 6.20. The second-order valence-corrected chi connectivity index (χ2v) is 6.20. The van der Waals surface area contributed by atoms with Crippen molar-refractivity contribution >= 4 is 29.4 Å². The average Bonchev–Trinajstić information content (AvgIpc) is 2.71. The van der Waals surface area contributed by atoms with Gasteiger partial charge in [-0.05, 0) is 36.8 Å². The summed E-state index contributed by atoms with van der Waals surface area (Å²) in [7, 11) is 0. The molecule has 0 aliphatic heterocycles. The summed E-state index contributed by atoms with van der Waals surface area (Å²) in [6, 6.07) is 11.9. The maximum Gasteiger partial charge on any atom is 0.244 e. The number of amides is 1. The molecule has 0 spiro atoms. The normalized spacial score (nSPS) is 10.7. The number of hydrogen-bond acceptors (Lipinski definition) is 6. The molecule has 148 valence electrons. The number of anilines is 3. The number of nitrogens with zero attached hydrogens (tertiary/aromatic N) is 3. The van der Waals surface area contributed by atoms with E-state index in [-0.39, 0.29) is 11.7 Å². The van der Waals surface area contributed by atoms with Gasteiger partial charge in [-0.2, -0.15) is 0 Å². The molecule has 0 unspecified atom stereocenters. The van der Waals surface area contributed by atoms with E-state index < -0.39 is 0 Å². The zero-order valence-electron chi connectivity index (χ0n) is 15.9. The summed E-state index contributed by atoms with van der Waals surface area (Å²) in [5.41, 5.74) is 1.46. The smallest absolute Gasteiger partial charge is 0.244 e. The Labute approximate surface area is 168 Å². The highest BCUT2D eigenvalue weighted by Crippen LogP contribution is 2.14. The molecule has 3 aromatic rings. The molecule has 0 bridgehead atoms. The lowest BCUT2D eigenvalue weighted by Crippen LogP contribution is -2.27. The number of hydrogen-bond donors (Lipinski definition) is 3. The maximum atomic E-state index is 13.5. The van der Waals surface area contributed by atoms with Gasteiger partial charge in [0.25, 0.3) is 0 Å². The standard InChI is InChI=1S/C21H21FN6O/c1-15-8-9-23-19(12-15)28-20-13-18(26-14-27-20)24-10-11-25-21(29)7-6-16-4-2-3-5-17(16)22/h2-9,12-14H,10-11H2,1H3,(H,25,29)(H2,23,24,26,27,28)/b7-6+. The van der Waals surface area contributed by atoms with Crippen LogP contribution >= 0.6 is 0 Å². The molecule has 0 aliphatic rings. The number of aryl methyl sites for hydroxylation is 1. The third-order valence-electron chi connectivity index (χ3n) is 3.89. The number of halogens is 1. The van der Waals surface area contributed by atoms with Crippen molar-refractivity contribution in [2.45, 2.75) is 6.92 Å². The summed E-state index contributed by atoms with van der Waals surface area (Å²) in [6.45, 7) is 2.84. The van der Waals surface area contributed by atoms with Gasteiger partial charge in [0.1, 0.15) is 29.6 Å². The fourth-order valence-corrected chi connectivity index (χ4v) is 2.47. The van der Waals surface area contributed by atoms with Crippen molar-refractivity contribution in [2.24, 2.45) is 0 Å². The van der Waals surface area contributed by atoms with E-state index in [9.17, 15) is 9.18 Å². The van der Waals surface area contributed by atoms with Gasteiger partial charge in [0.2, 0.25) is 5.91 Å². The summed E-state index contributed by atoms with van der Waals surface area (Å²) in [4.78, 5) is 24.4. The summed E-state index contributed by atoms with van der Waals surface area (Å²) < 4.78 is 13.5. The predicted octanol–water partition coefficient (Wildman–Crippen LogP) is 3.30. The number of aromatic nitrogens is 3. The highest BCUT2D eigenvalue weighted by atomic mass is 19.1. The van der Waals surface area contributed by atoms with Gasteiger partial charge >= 0.3 is 0 Å². The number of pyridine rings is 1.